The molecule has 1 aromatic rings. The van der Waals surface area contributed by atoms with Crippen LogP contribution < -0.4 is 28.1 Å². The van der Waals surface area contributed by atoms with Gasteiger partial charge < -0.3 is 22.2 Å². The Morgan fingerprint density at radius 3 is 2.81 bits per heavy atom. The molecule has 0 aromatic carbocycles. The highest BCUT2D eigenvalue weighted by Crippen LogP contribution is 2.33. The average Bonchev–Trinajstić information content (AvgIpc) is 2.43. The van der Waals surface area contributed by atoms with Crippen molar-refractivity contribution in [3.05, 3.63) is 11.9 Å². The number of hydrogen-bond donors (Lipinski definition) is 5. The number of rotatable bonds is 4. The van der Waals surface area contributed by atoms with Crippen molar-refractivity contribution >= 4 is 17.5 Å². The van der Waals surface area contributed by atoms with E-state index in [2.05, 4.69) is 20.7 Å². The van der Waals surface area contributed by atoms with Gasteiger partial charge in [0.1, 0.15) is 5.82 Å². The van der Waals surface area contributed by atoms with Crippen molar-refractivity contribution in [2.45, 2.75) is 37.3 Å². The van der Waals surface area contributed by atoms with Gasteiger partial charge in [-0.3, -0.25) is 4.79 Å². The molecule has 0 aliphatic heterocycles. The van der Waals surface area contributed by atoms with Crippen LogP contribution in [0.25, 0.3) is 0 Å². The number of aromatic nitrogens is 2. The summed E-state index contributed by atoms with van der Waals surface area (Å²) in [6.07, 6.45) is 1.84. The Hall–Kier alpha value is -2.07. The topological polar surface area (TPSA) is 145 Å². The van der Waals surface area contributed by atoms with E-state index >= 15 is 0 Å². The third-order valence-corrected chi connectivity index (χ3v) is 3.42. The summed E-state index contributed by atoms with van der Waals surface area (Å²) >= 11 is 0. The highest BCUT2D eigenvalue weighted by molar-refractivity contribution is 5.95. The van der Waals surface area contributed by atoms with E-state index in [1.807, 2.05) is 0 Å². The molecule has 0 spiro atoms. The predicted molar refractivity (Wildman–Crippen MR) is 72.5 cm³/mol. The summed E-state index contributed by atoms with van der Waals surface area (Å²) < 4.78 is 27.1. The van der Waals surface area contributed by atoms with Crippen molar-refractivity contribution in [3.63, 3.8) is 0 Å². The first-order valence-electron chi connectivity index (χ1n) is 6.38. The van der Waals surface area contributed by atoms with E-state index in [-0.39, 0.29) is 23.8 Å². The van der Waals surface area contributed by atoms with Gasteiger partial charge in [-0.1, -0.05) is 0 Å². The smallest absolute Gasteiger partial charge is 0.271 e. The summed E-state index contributed by atoms with van der Waals surface area (Å²) in [7, 11) is 0. The number of nitrogens with zero attached hydrogens (tertiary/aromatic N) is 2. The van der Waals surface area contributed by atoms with E-state index in [4.69, 9.17) is 17.3 Å². The zero-order valence-electron chi connectivity index (χ0n) is 11.1. The number of hydrazine groups is 1. The number of nitrogens with one attached hydrogen (secondary N) is 2. The number of halogens is 2. The van der Waals surface area contributed by atoms with Crippen LogP contribution in [0.15, 0.2) is 6.20 Å². The quantitative estimate of drug-likeness (QED) is 0.382. The minimum atomic E-state index is -2.93. The van der Waals surface area contributed by atoms with Gasteiger partial charge in [0.25, 0.3) is 11.8 Å². The summed E-state index contributed by atoms with van der Waals surface area (Å²) in [6, 6.07) is -1.97. The first-order chi connectivity index (χ1) is 9.85. The van der Waals surface area contributed by atoms with Crippen LogP contribution in [-0.2, 0) is 0 Å². The fourth-order valence-electron chi connectivity index (χ4n) is 2.29. The SMILES string of the molecule is NNc1nc(NC2CCCC(F)(F)C2N)cnc1C(N)=O. The minimum absolute atomic E-state index is 0.0383. The van der Waals surface area contributed by atoms with Crippen LogP contribution in [-0.4, -0.2) is 33.9 Å². The van der Waals surface area contributed by atoms with Gasteiger partial charge in [-0.15, -0.1) is 0 Å². The molecule has 0 saturated heterocycles. The van der Waals surface area contributed by atoms with Crippen molar-refractivity contribution in [2.24, 2.45) is 17.3 Å². The second-order valence-electron chi connectivity index (χ2n) is 4.89. The Labute approximate surface area is 119 Å². The molecule has 1 heterocycles. The summed E-state index contributed by atoms with van der Waals surface area (Å²) in [5.41, 5.74) is 12.7. The van der Waals surface area contributed by atoms with Crippen molar-refractivity contribution in [1.29, 1.82) is 0 Å². The van der Waals surface area contributed by atoms with Crippen LogP contribution in [0.4, 0.5) is 20.4 Å². The Balaban J connectivity index is 2.18. The molecule has 1 aromatic heterocycles. The maximum Gasteiger partial charge on any atom is 0.271 e. The standard InChI is InChI=1S/C11H17F2N7O/c12-11(13)3-1-2-5(8(11)14)18-6-4-17-7(9(15)21)10(19-6)20-16/h4-5,8H,1-3,14,16H2,(H2,15,21)(H2,18,19,20). The van der Waals surface area contributed by atoms with Crippen molar-refractivity contribution in [3.8, 4) is 0 Å². The summed E-state index contributed by atoms with van der Waals surface area (Å²) in [5, 5.41) is 2.80. The van der Waals surface area contributed by atoms with E-state index in [0.29, 0.717) is 12.8 Å². The number of nitrogen functional groups attached to an aromatic ring is 1. The Bertz CT molecular complexity index is 539. The molecule has 1 amide bonds. The first kappa shape index (κ1) is 15.3. The van der Waals surface area contributed by atoms with Crippen LogP contribution >= 0.6 is 0 Å². The van der Waals surface area contributed by atoms with E-state index in [1.54, 1.807) is 0 Å². The number of hydrogen-bond acceptors (Lipinski definition) is 7. The fraction of sp³-hybridized carbons (Fsp3) is 0.545. The molecule has 2 atom stereocenters. The second kappa shape index (κ2) is 5.74. The number of nitrogens with two attached hydrogens (primary N) is 3. The lowest BCUT2D eigenvalue weighted by atomic mass is 9.87. The van der Waals surface area contributed by atoms with Crippen LogP contribution in [0, 0.1) is 0 Å². The van der Waals surface area contributed by atoms with Crippen LogP contribution in [0.1, 0.15) is 29.8 Å². The maximum atomic E-state index is 13.6. The van der Waals surface area contributed by atoms with Gasteiger partial charge in [-0.25, -0.2) is 24.6 Å². The molecule has 8 N–H and O–H groups in total. The van der Waals surface area contributed by atoms with E-state index in [0.717, 1.165) is 0 Å². The van der Waals surface area contributed by atoms with E-state index in [9.17, 15) is 13.6 Å². The summed E-state index contributed by atoms with van der Waals surface area (Å²) in [5.74, 6) is 1.65. The highest BCUT2D eigenvalue weighted by atomic mass is 19.3. The molecular formula is C11H17F2N7O. The second-order valence-corrected chi connectivity index (χ2v) is 4.89. The zero-order valence-corrected chi connectivity index (χ0v) is 11.1. The molecule has 2 rings (SSSR count). The molecule has 10 heteroatoms. The molecule has 1 aliphatic carbocycles. The van der Waals surface area contributed by atoms with Gasteiger partial charge >= 0.3 is 0 Å². The number of anilines is 2. The van der Waals surface area contributed by atoms with Crippen LogP contribution in [0.5, 0.6) is 0 Å². The van der Waals surface area contributed by atoms with Gasteiger partial charge in [0.05, 0.1) is 12.2 Å². The lowest BCUT2D eigenvalue weighted by Crippen LogP contribution is -2.55. The predicted octanol–water partition coefficient (Wildman–Crippen LogP) is -0.212. The van der Waals surface area contributed by atoms with E-state index in [1.165, 1.54) is 6.20 Å². The summed E-state index contributed by atoms with van der Waals surface area (Å²) in [6.45, 7) is 0. The van der Waals surface area contributed by atoms with Crippen molar-refractivity contribution in [1.82, 2.24) is 9.97 Å². The lowest BCUT2D eigenvalue weighted by Gasteiger charge is -2.36. The summed E-state index contributed by atoms with van der Waals surface area (Å²) in [4.78, 5) is 18.9. The molecule has 1 aliphatic rings. The Kier molecular flexibility index (Phi) is 4.19. The third kappa shape index (κ3) is 3.16. The largest absolute Gasteiger partial charge is 0.364 e. The number of primary amides is 1. The zero-order chi connectivity index (χ0) is 15.6. The Morgan fingerprint density at radius 1 is 1.48 bits per heavy atom. The molecule has 21 heavy (non-hydrogen) atoms. The van der Waals surface area contributed by atoms with Crippen molar-refractivity contribution in [2.75, 3.05) is 10.7 Å². The first-order valence-corrected chi connectivity index (χ1v) is 6.38. The highest BCUT2D eigenvalue weighted by Gasteiger charge is 2.44. The Morgan fingerprint density at radius 2 is 2.19 bits per heavy atom. The number of amides is 1. The molecule has 116 valence electrons. The van der Waals surface area contributed by atoms with Crippen LogP contribution in [0.3, 0.4) is 0 Å². The van der Waals surface area contributed by atoms with E-state index < -0.39 is 23.9 Å². The normalized spacial score (nSPS) is 24.4. The average molecular weight is 301 g/mol. The molecule has 1 saturated carbocycles. The van der Waals surface area contributed by atoms with Crippen molar-refractivity contribution < 1.29 is 13.6 Å². The number of carbonyl (C=O) groups is 1. The van der Waals surface area contributed by atoms with Gasteiger partial charge in [0.2, 0.25) is 0 Å². The maximum absolute atomic E-state index is 13.6. The lowest BCUT2D eigenvalue weighted by molar-refractivity contribution is -0.0554. The molecule has 0 radical (unpaired) electrons. The van der Waals surface area contributed by atoms with Crippen LogP contribution in [0.2, 0.25) is 0 Å². The molecule has 2 unspecified atom stereocenters. The fourth-order valence-corrected chi connectivity index (χ4v) is 2.29. The van der Waals surface area contributed by atoms with Gasteiger partial charge in [0.15, 0.2) is 11.5 Å². The molecule has 0 bridgehead atoms. The van der Waals surface area contributed by atoms with Gasteiger partial charge in [-0.2, -0.15) is 0 Å². The van der Waals surface area contributed by atoms with Gasteiger partial charge in [-0.05, 0) is 12.8 Å². The molecule has 1 fully saturated rings. The molecular weight excluding hydrogens is 284 g/mol. The third-order valence-electron chi connectivity index (χ3n) is 3.42. The minimum Gasteiger partial charge on any atom is -0.364 e. The number of carbonyl (C=O) groups excluding carboxylic acids is 1. The van der Waals surface area contributed by atoms with Gasteiger partial charge in [0, 0.05) is 12.5 Å². The monoisotopic (exact) mass is 301 g/mol. The number of alkyl halides is 2. The molecule has 8 nitrogen and oxygen atoms in total.